The highest BCUT2D eigenvalue weighted by Crippen LogP contribution is 2.10. The van der Waals surface area contributed by atoms with E-state index >= 15 is 0 Å². The molecule has 2 aromatic carbocycles. The van der Waals surface area contributed by atoms with Crippen LogP contribution in [0.4, 0.5) is 10.5 Å². The summed E-state index contributed by atoms with van der Waals surface area (Å²) < 4.78 is 5.02. The second-order valence-electron chi connectivity index (χ2n) is 6.79. The van der Waals surface area contributed by atoms with E-state index in [-0.39, 0.29) is 11.9 Å². The molecule has 3 aromatic rings. The number of likely N-dealkylation sites (N-methyl/N-ethyl adjacent to an activating group) is 1. The average Bonchev–Trinajstić information content (AvgIpc) is 3.22. The van der Waals surface area contributed by atoms with Crippen LogP contribution in [0.3, 0.4) is 0 Å². The van der Waals surface area contributed by atoms with Gasteiger partial charge in [0.15, 0.2) is 5.82 Å². The molecule has 0 spiro atoms. The number of hydrogen-bond donors (Lipinski definition) is 2. The zero-order chi connectivity index (χ0) is 21.5. The fourth-order valence-corrected chi connectivity index (χ4v) is 2.66. The van der Waals surface area contributed by atoms with Crippen molar-refractivity contribution in [1.82, 2.24) is 20.4 Å². The first-order chi connectivity index (χ1) is 14.4. The Hall–Kier alpha value is -3.39. The highest BCUT2D eigenvalue weighted by Gasteiger charge is 2.16. The number of urea groups is 1. The van der Waals surface area contributed by atoms with Crippen molar-refractivity contribution in [2.45, 2.75) is 19.9 Å². The molecule has 0 aliphatic carbocycles. The second kappa shape index (κ2) is 9.89. The maximum atomic E-state index is 12.3. The third-order valence-corrected chi connectivity index (χ3v) is 4.60. The summed E-state index contributed by atoms with van der Waals surface area (Å²) in [5.74, 6) is -0.235. The predicted molar refractivity (Wildman–Crippen MR) is 113 cm³/mol. The van der Waals surface area contributed by atoms with Gasteiger partial charge in [-0.05, 0) is 36.8 Å². The lowest BCUT2D eigenvalue weighted by molar-refractivity contribution is 0.0907. The smallest absolute Gasteiger partial charge is 0.321 e. The van der Waals surface area contributed by atoms with Gasteiger partial charge in [-0.3, -0.25) is 4.79 Å². The fourth-order valence-electron chi connectivity index (χ4n) is 2.53. The van der Waals surface area contributed by atoms with Gasteiger partial charge in [0.25, 0.3) is 0 Å². The van der Waals surface area contributed by atoms with Crippen molar-refractivity contribution in [2.75, 3.05) is 18.9 Å². The number of nitrogens with one attached hydrogen (secondary N) is 2. The number of anilines is 1. The summed E-state index contributed by atoms with van der Waals surface area (Å²) in [5, 5.41) is 9.96. The summed E-state index contributed by atoms with van der Waals surface area (Å²) in [7, 11) is 1.67. The Bertz CT molecular complexity index is 1000. The largest absolute Gasteiger partial charge is 0.344 e. The highest BCUT2D eigenvalue weighted by molar-refractivity contribution is 6.30. The molecule has 0 saturated carbocycles. The number of halogens is 1. The molecule has 0 aliphatic heterocycles. The minimum Gasteiger partial charge on any atom is -0.344 e. The molecule has 156 valence electrons. The Morgan fingerprint density at radius 3 is 2.50 bits per heavy atom. The van der Waals surface area contributed by atoms with E-state index in [1.165, 1.54) is 4.90 Å². The first-order valence-electron chi connectivity index (χ1n) is 9.35. The van der Waals surface area contributed by atoms with E-state index in [2.05, 4.69) is 20.8 Å². The number of carbonyl (C=O) groups is 2. The number of benzene rings is 2. The monoisotopic (exact) mass is 427 g/mol. The zero-order valence-corrected chi connectivity index (χ0v) is 17.4. The van der Waals surface area contributed by atoms with Crippen molar-refractivity contribution in [3.63, 3.8) is 0 Å². The van der Waals surface area contributed by atoms with E-state index in [0.29, 0.717) is 30.4 Å². The number of amides is 3. The van der Waals surface area contributed by atoms with Crippen molar-refractivity contribution in [2.24, 2.45) is 0 Å². The number of nitrogens with zero attached hydrogens (tertiary/aromatic N) is 3. The topological polar surface area (TPSA) is 100 Å². The van der Waals surface area contributed by atoms with Crippen molar-refractivity contribution < 1.29 is 14.1 Å². The number of aromatic nitrogens is 2. The van der Waals surface area contributed by atoms with Gasteiger partial charge in [0.05, 0.1) is 0 Å². The van der Waals surface area contributed by atoms with Crippen molar-refractivity contribution >= 4 is 29.2 Å². The highest BCUT2D eigenvalue weighted by atomic mass is 35.5. The fraction of sp³-hybridized carbons (Fsp3) is 0.238. The van der Waals surface area contributed by atoms with Crippen LogP contribution in [0.5, 0.6) is 0 Å². The van der Waals surface area contributed by atoms with Gasteiger partial charge in [-0.25, -0.2) is 4.79 Å². The van der Waals surface area contributed by atoms with Gasteiger partial charge in [-0.1, -0.05) is 46.6 Å². The van der Waals surface area contributed by atoms with Crippen LogP contribution in [0.15, 0.2) is 53.1 Å². The Balaban J connectivity index is 1.46. The van der Waals surface area contributed by atoms with Gasteiger partial charge < -0.3 is 20.1 Å². The summed E-state index contributed by atoms with van der Waals surface area (Å²) in [6, 6.07) is 14.4. The Morgan fingerprint density at radius 1 is 1.10 bits per heavy atom. The maximum Gasteiger partial charge on any atom is 0.321 e. The molecule has 0 unspecified atom stereocenters. The van der Waals surface area contributed by atoms with Crippen LogP contribution in [0, 0.1) is 6.92 Å². The van der Waals surface area contributed by atoms with Crippen LogP contribution in [-0.2, 0) is 13.0 Å². The third kappa shape index (κ3) is 6.05. The van der Waals surface area contributed by atoms with Crippen LogP contribution in [-0.4, -0.2) is 40.6 Å². The van der Waals surface area contributed by atoms with Crippen molar-refractivity contribution in [1.29, 1.82) is 0 Å². The summed E-state index contributed by atoms with van der Waals surface area (Å²) in [5.41, 5.74) is 2.73. The summed E-state index contributed by atoms with van der Waals surface area (Å²) >= 11 is 5.84. The Labute approximate surface area is 179 Å². The molecule has 1 aromatic heterocycles. The van der Waals surface area contributed by atoms with Gasteiger partial charge >= 0.3 is 17.8 Å². The van der Waals surface area contributed by atoms with Gasteiger partial charge in [-0.2, -0.15) is 4.98 Å². The second-order valence-corrected chi connectivity index (χ2v) is 7.23. The normalized spacial score (nSPS) is 10.5. The van der Waals surface area contributed by atoms with E-state index in [9.17, 15) is 9.59 Å². The standard InChI is InChI=1S/C21H22ClN5O3/c1-14-3-9-17(10-4-14)24-21(29)27(2)12-11-18-25-20(30-26-18)19(28)23-13-15-5-7-16(22)8-6-15/h3-10H,11-13H2,1-2H3,(H,23,28)(H,24,29). The van der Waals surface area contributed by atoms with Crippen LogP contribution in [0.2, 0.25) is 5.02 Å². The molecule has 9 heteroatoms. The van der Waals surface area contributed by atoms with Gasteiger partial charge in [0, 0.05) is 37.3 Å². The molecular weight excluding hydrogens is 406 g/mol. The van der Waals surface area contributed by atoms with Crippen molar-refractivity contribution in [3.8, 4) is 0 Å². The maximum absolute atomic E-state index is 12.3. The zero-order valence-electron chi connectivity index (χ0n) is 16.7. The lowest BCUT2D eigenvalue weighted by atomic mass is 10.2. The molecule has 0 atom stereocenters. The number of aryl methyl sites for hydroxylation is 1. The van der Waals surface area contributed by atoms with E-state index < -0.39 is 5.91 Å². The van der Waals surface area contributed by atoms with Gasteiger partial charge in [0.2, 0.25) is 0 Å². The van der Waals surface area contributed by atoms with Gasteiger partial charge in [-0.15, -0.1) is 0 Å². The molecular formula is C21H22ClN5O3. The van der Waals surface area contributed by atoms with Crippen LogP contribution < -0.4 is 10.6 Å². The van der Waals surface area contributed by atoms with Crippen LogP contribution >= 0.6 is 11.6 Å². The SMILES string of the molecule is Cc1ccc(NC(=O)N(C)CCc2noc(C(=O)NCc3ccc(Cl)cc3)n2)cc1. The van der Waals surface area contributed by atoms with Crippen LogP contribution in [0.25, 0.3) is 0 Å². The minimum atomic E-state index is -0.464. The number of carbonyl (C=O) groups excluding carboxylic acids is 2. The molecule has 1 heterocycles. The summed E-state index contributed by atoms with van der Waals surface area (Å²) in [4.78, 5) is 30.0. The third-order valence-electron chi connectivity index (χ3n) is 4.35. The average molecular weight is 428 g/mol. The Morgan fingerprint density at radius 2 is 1.80 bits per heavy atom. The molecule has 8 nitrogen and oxygen atoms in total. The van der Waals surface area contributed by atoms with E-state index in [1.54, 1.807) is 19.2 Å². The molecule has 2 N–H and O–H groups in total. The van der Waals surface area contributed by atoms with Crippen LogP contribution in [0.1, 0.15) is 27.6 Å². The molecule has 30 heavy (non-hydrogen) atoms. The molecule has 0 saturated heterocycles. The Kier molecular flexibility index (Phi) is 7.03. The van der Waals surface area contributed by atoms with Crippen molar-refractivity contribution in [3.05, 3.63) is 76.4 Å². The molecule has 3 amide bonds. The molecule has 0 bridgehead atoms. The summed E-state index contributed by atoms with van der Waals surface area (Å²) in [6.45, 7) is 2.66. The minimum absolute atomic E-state index is 0.120. The molecule has 3 rings (SSSR count). The number of rotatable bonds is 7. The van der Waals surface area contributed by atoms with E-state index in [1.807, 2.05) is 43.3 Å². The predicted octanol–water partition coefficient (Wildman–Crippen LogP) is 3.67. The van der Waals surface area contributed by atoms with Gasteiger partial charge in [0.1, 0.15) is 0 Å². The number of hydrogen-bond acceptors (Lipinski definition) is 5. The first kappa shape index (κ1) is 21.3. The quantitative estimate of drug-likeness (QED) is 0.599. The molecule has 0 radical (unpaired) electrons. The molecule has 0 aliphatic rings. The lowest BCUT2D eigenvalue weighted by Gasteiger charge is -2.17. The lowest BCUT2D eigenvalue weighted by Crippen LogP contribution is -2.33. The summed E-state index contributed by atoms with van der Waals surface area (Å²) in [6.07, 6.45) is 0.353. The van der Waals surface area contributed by atoms with E-state index in [4.69, 9.17) is 16.1 Å². The first-order valence-corrected chi connectivity index (χ1v) is 9.72. The van der Waals surface area contributed by atoms with E-state index in [0.717, 1.165) is 16.8 Å². The molecule has 0 fully saturated rings.